The maximum Gasteiger partial charge on any atom is 0.271 e. The lowest BCUT2D eigenvalue weighted by Crippen LogP contribution is -2.28. The Morgan fingerprint density at radius 1 is 1.32 bits per heavy atom. The molecule has 0 radical (unpaired) electrons. The molecule has 1 amide bonds. The molecule has 0 spiro atoms. The summed E-state index contributed by atoms with van der Waals surface area (Å²) in [5.41, 5.74) is 0.232. The van der Waals surface area contributed by atoms with Crippen LogP contribution in [0, 0.1) is 0 Å². The van der Waals surface area contributed by atoms with E-state index in [0.29, 0.717) is 24.7 Å². The molecule has 0 saturated heterocycles. The summed E-state index contributed by atoms with van der Waals surface area (Å²) in [6.45, 7) is 7.29. The summed E-state index contributed by atoms with van der Waals surface area (Å²) in [4.78, 5) is 20.0. The number of anilines is 1. The summed E-state index contributed by atoms with van der Waals surface area (Å²) in [6.07, 6.45) is 3.81. The molecule has 0 atom stereocenters. The Hall–Kier alpha value is -1.69. The molecule has 1 aromatic rings. The van der Waals surface area contributed by atoms with Crippen molar-refractivity contribution in [2.24, 2.45) is 0 Å². The first-order valence-corrected chi connectivity index (χ1v) is 6.30. The van der Waals surface area contributed by atoms with Crippen LogP contribution in [0.15, 0.2) is 12.4 Å². The monoisotopic (exact) mass is 266 g/mol. The Bertz CT molecular complexity index is 398. The average Bonchev–Trinajstić information content (AvgIpc) is 2.33. The summed E-state index contributed by atoms with van der Waals surface area (Å²) in [6, 6.07) is 0. The Labute approximate surface area is 114 Å². The molecule has 106 valence electrons. The summed E-state index contributed by atoms with van der Waals surface area (Å²) in [5, 5.41) is 5.94. The maximum absolute atomic E-state index is 11.7. The highest BCUT2D eigenvalue weighted by molar-refractivity contribution is 5.91. The number of carbonyl (C=O) groups is 1. The van der Waals surface area contributed by atoms with E-state index in [2.05, 4.69) is 20.6 Å². The van der Waals surface area contributed by atoms with E-state index in [1.165, 1.54) is 6.20 Å². The molecular formula is C13H22N4O2. The number of carbonyl (C=O) groups excluding carboxylic acids is 1. The number of nitrogens with zero attached hydrogens (tertiary/aromatic N) is 2. The topological polar surface area (TPSA) is 76.1 Å². The summed E-state index contributed by atoms with van der Waals surface area (Å²) >= 11 is 0. The van der Waals surface area contributed by atoms with Gasteiger partial charge < -0.3 is 15.4 Å². The Balaban J connectivity index is 2.49. The number of rotatable bonds is 6. The minimum Gasteiger partial charge on any atom is -0.385 e. The van der Waals surface area contributed by atoms with Crippen LogP contribution in [0.2, 0.25) is 0 Å². The van der Waals surface area contributed by atoms with Crippen molar-refractivity contribution in [3.8, 4) is 0 Å². The maximum atomic E-state index is 11.7. The predicted octanol–water partition coefficient (Wildman–Crippen LogP) is 1.45. The van der Waals surface area contributed by atoms with E-state index in [1.54, 1.807) is 13.3 Å². The largest absolute Gasteiger partial charge is 0.385 e. The van der Waals surface area contributed by atoms with Crippen LogP contribution in [0.5, 0.6) is 0 Å². The summed E-state index contributed by atoms with van der Waals surface area (Å²) in [5.74, 6) is 0.439. The lowest BCUT2D eigenvalue weighted by atomic mass is 10.1. The molecule has 1 rings (SSSR count). The zero-order chi connectivity index (χ0) is 14.3. The third-order valence-corrected chi connectivity index (χ3v) is 2.20. The molecule has 0 aliphatic carbocycles. The summed E-state index contributed by atoms with van der Waals surface area (Å²) in [7, 11) is 1.63. The Kier molecular flexibility index (Phi) is 5.69. The number of nitrogens with one attached hydrogen (secondary N) is 2. The van der Waals surface area contributed by atoms with Crippen LogP contribution in [-0.2, 0) is 4.74 Å². The van der Waals surface area contributed by atoms with Gasteiger partial charge in [0.1, 0.15) is 11.5 Å². The van der Waals surface area contributed by atoms with E-state index < -0.39 is 0 Å². The second kappa shape index (κ2) is 7.04. The van der Waals surface area contributed by atoms with Crippen molar-refractivity contribution >= 4 is 11.7 Å². The second-order valence-electron chi connectivity index (χ2n) is 5.26. The molecular weight excluding hydrogens is 244 g/mol. The average molecular weight is 266 g/mol. The number of hydrogen-bond acceptors (Lipinski definition) is 5. The molecule has 0 saturated carbocycles. The van der Waals surface area contributed by atoms with E-state index >= 15 is 0 Å². The number of ether oxygens (including phenoxy) is 1. The van der Waals surface area contributed by atoms with Gasteiger partial charge in [-0.1, -0.05) is 0 Å². The highest BCUT2D eigenvalue weighted by Gasteiger charge is 2.11. The van der Waals surface area contributed by atoms with Crippen molar-refractivity contribution in [2.75, 3.05) is 25.6 Å². The molecule has 1 aromatic heterocycles. The van der Waals surface area contributed by atoms with E-state index in [0.717, 1.165) is 6.42 Å². The van der Waals surface area contributed by atoms with Crippen molar-refractivity contribution in [2.45, 2.75) is 32.7 Å². The van der Waals surface area contributed by atoms with Crippen LogP contribution in [0.3, 0.4) is 0 Å². The summed E-state index contributed by atoms with van der Waals surface area (Å²) < 4.78 is 4.90. The van der Waals surface area contributed by atoms with Gasteiger partial charge in [-0.05, 0) is 27.2 Å². The lowest BCUT2D eigenvalue weighted by molar-refractivity contribution is 0.0943. The number of methoxy groups -OCH3 is 1. The van der Waals surface area contributed by atoms with Gasteiger partial charge in [-0.2, -0.15) is 0 Å². The number of hydrogen-bond donors (Lipinski definition) is 2. The highest BCUT2D eigenvalue weighted by Crippen LogP contribution is 2.10. The van der Waals surface area contributed by atoms with E-state index in [1.807, 2.05) is 20.8 Å². The first kappa shape index (κ1) is 15.4. The smallest absolute Gasteiger partial charge is 0.271 e. The van der Waals surface area contributed by atoms with Crippen molar-refractivity contribution in [3.63, 3.8) is 0 Å². The molecule has 0 aromatic carbocycles. The second-order valence-corrected chi connectivity index (χ2v) is 5.26. The zero-order valence-electron chi connectivity index (χ0n) is 12.0. The first-order valence-electron chi connectivity index (χ1n) is 6.30. The van der Waals surface area contributed by atoms with Crippen LogP contribution < -0.4 is 10.6 Å². The SMILES string of the molecule is COCCCNC(=O)c1cnc(NC(C)(C)C)cn1. The van der Waals surface area contributed by atoms with Crippen molar-refractivity contribution in [1.82, 2.24) is 15.3 Å². The third-order valence-electron chi connectivity index (χ3n) is 2.20. The minimum absolute atomic E-state index is 0.0847. The van der Waals surface area contributed by atoms with Gasteiger partial charge >= 0.3 is 0 Å². The first-order chi connectivity index (χ1) is 8.92. The molecule has 19 heavy (non-hydrogen) atoms. The molecule has 6 heteroatoms. The molecule has 0 fully saturated rings. The predicted molar refractivity (Wildman–Crippen MR) is 74.2 cm³/mol. The van der Waals surface area contributed by atoms with Crippen LogP contribution in [0.1, 0.15) is 37.7 Å². The van der Waals surface area contributed by atoms with Crippen LogP contribution in [0.4, 0.5) is 5.82 Å². The fourth-order valence-electron chi connectivity index (χ4n) is 1.40. The molecule has 6 nitrogen and oxygen atoms in total. The van der Waals surface area contributed by atoms with Crippen LogP contribution in [-0.4, -0.2) is 41.7 Å². The van der Waals surface area contributed by atoms with Crippen LogP contribution in [0.25, 0.3) is 0 Å². The molecule has 0 unspecified atom stereocenters. The van der Waals surface area contributed by atoms with Gasteiger partial charge in [0, 0.05) is 25.8 Å². The van der Waals surface area contributed by atoms with Gasteiger partial charge in [0.05, 0.1) is 12.4 Å². The lowest BCUT2D eigenvalue weighted by Gasteiger charge is -2.20. The van der Waals surface area contributed by atoms with Gasteiger partial charge in [0.25, 0.3) is 5.91 Å². The normalized spacial score (nSPS) is 11.2. The van der Waals surface area contributed by atoms with Crippen molar-refractivity contribution in [1.29, 1.82) is 0 Å². The molecule has 0 bridgehead atoms. The van der Waals surface area contributed by atoms with Crippen molar-refractivity contribution in [3.05, 3.63) is 18.1 Å². The quantitative estimate of drug-likeness (QED) is 0.762. The molecule has 2 N–H and O–H groups in total. The highest BCUT2D eigenvalue weighted by atomic mass is 16.5. The third kappa shape index (κ3) is 6.15. The van der Waals surface area contributed by atoms with Gasteiger partial charge in [-0.15, -0.1) is 0 Å². The minimum atomic E-state index is -0.217. The molecule has 1 heterocycles. The number of aromatic nitrogens is 2. The Morgan fingerprint density at radius 3 is 2.58 bits per heavy atom. The van der Waals surface area contributed by atoms with Gasteiger partial charge in [-0.25, -0.2) is 9.97 Å². The zero-order valence-corrected chi connectivity index (χ0v) is 12.0. The van der Waals surface area contributed by atoms with Gasteiger partial charge in [0.15, 0.2) is 0 Å². The standard InChI is InChI=1S/C13H22N4O2/c1-13(2,3)17-11-9-15-10(8-16-11)12(18)14-6-5-7-19-4/h8-9H,5-7H2,1-4H3,(H,14,18)(H,16,17). The Morgan fingerprint density at radius 2 is 2.05 bits per heavy atom. The number of amides is 1. The van der Waals surface area contributed by atoms with Crippen molar-refractivity contribution < 1.29 is 9.53 Å². The fourth-order valence-corrected chi connectivity index (χ4v) is 1.40. The van der Waals surface area contributed by atoms with E-state index in [9.17, 15) is 4.79 Å². The van der Waals surface area contributed by atoms with E-state index in [-0.39, 0.29) is 11.4 Å². The van der Waals surface area contributed by atoms with Gasteiger partial charge in [0.2, 0.25) is 0 Å². The van der Waals surface area contributed by atoms with E-state index in [4.69, 9.17) is 4.74 Å². The fraction of sp³-hybridized carbons (Fsp3) is 0.615. The molecule has 0 aliphatic rings. The van der Waals surface area contributed by atoms with Gasteiger partial charge in [-0.3, -0.25) is 4.79 Å². The van der Waals surface area contributed by atoms with Crippen LogP contribution >= 0.6 is 0 Å². The molecule has 0 aliphatic heterocycles.